The summed E-state index contributed by atoms with van der Waals surface area (Å²) in [6.07, 6.45) is 0. The lowest BCUT2D eigenvalue weighted by Crippen LogP contribution is -2.40. The van der Waals surface area contributed by atoms with Gasteiger partial charge in [0.05, 0.1) is 6.61 Å². The highest BCUT2D eigenvalue weighted by Gasteiger charge is 2.36. The second-order valence-corrected chi connectivity index (χ2v) is 11.3. The highest BCUT2D eigenvalue weighted by atomic mass is 28.4. The van der Waals surface area contributed by atoms with Crippen LogP contribution in [-0.4, -0.2) is 8.32 Å². The van der Waals surface area contributed by atoms with Gasteiger partial charge in [-0.2, -0.15) is 0 Å². The minimum Gasteiger partial charge on any atom is -0.413 e. The molecule has 0 saturated heterocycles. The van der Waals surface area contributed by atoms with Gasteiger partial charge in [0, 0.05) is 0 Å². The fourth-order valence-corrected chi connectivity index (χ4v) is 2.33. The Morgan fingerprint density at radius 1 is 1.17 bits per heavy atom. The minimum absolute atomic E-state index is 0.268. The van der Waals surface area contributed by atoms with Crippen LogP contribution in [-0.2, 0) is 11.0 Å². The van der Waals surface area contributed by atoms with Crippen LogP contribution in [0.3, 0.4) is 0 Å². The van der Waals surface area contributed by atoms with Gasteiger partial charge in [-0.15, -0.1) is 0 Å². The average molecular weight is 262 g/mol. The molecule has 0 spiro atoms. The van der Waals surface area contributed by atoms with Crippen molar-refractivity contribution in [2.45, 2.75) is 52.4 Å². The number of hydrogen-bond acceptors (Lipinski definition) is 1. The summed E-state index contributed by atoms with van der Waals surface area (Å²) in [5.41, 5.74) is 3.54. The lowest BCUT2D eigenvalue weighted by atomic mass is 10.1. The minimum atomic E-state index is -1.64. The van der Waals surface area contributed by atoms with Gasteiger partial charge >= 0.3 is 0 Å². The van der Waals surface area contributed by atoms with Crippen molar-refractivity contribution >= 4 is 13.9 Å². The van der Waals surface area contributed by atoms with Gasteiger partial charge < -0.3 is 4.43 Å². The van der Waals surface area contributed by atoms with E-state index in [1.54, 1.807) is 0 Å². The molecule has 0 radical (unpaired) electrons. The molecule has 0 aliphatic carbocycles. The average Bonchev–Trinajstić information content (AvgIpc) is 2.25. The monoisotopic (exact) mass is 262 g/mol. The third-order valence-corrected chi connectivity index (χ3v) is 8.33. The highest BCUT2D eigenvalue weighted by molar-refractivity contribution is 6.74. The molecule has 2 heteroatoms. The van der Waals surface area contributed by atoms with Crippen LogP contribution in [0.1, 0.15) is 38.8 Å². The first kappa shape index (κ1) is 15.2. The Hall–Kier alpha value is -0.863. The summed E-state index contributed by atoms with van der Waals surface area (Å²) in [6, 6.07) is 8.51. The van der Waals surface area contributed by atoms with E-state index in [0.29, 0.717) is 6.61 Å². The molecule has 0 heterocycles. The Kier molecular flexibility index (Phi) is 4.57. The standard InChI is InChI=1S/C16H26OSi/c1-13(2)15-10-8-14(9-11-15)12-17-18(6,7)16(3,4)5/h8-11H,1,12H2,2-7H3. The van der Waals surface area contributed by atoms with Gasteiger partial charge in [-0.1, -0.05) is 57.2 Å². The molecule has 0 fully saturated rings. The maximum Gasteiger partial charge on any atom is 0.192 e. The topological polar surface area (TPSA) is 9.23 Å². The summed E-state index contributed by atoms with van der Waals surface area (Å²) >= 11 is 0. The van der Waals surface area contributed by atoms with Gasteiger partial charge in [0.2, 0.25) is 0 Å². The molecule has 0 aromatic heterocycles. The van der Waals surface area contributed by atoms with Crippen molar-refractivity contribution in [2.75, 3.05) is 0 Å². The van der Waals surface area contributed by atoms with Crippen LogP contribution in [0.25, 0.3) is 5.57 Å². The molecule has 0 amide bonds. The van der Waals surface area contributed by atoms with Crippen LogP contribution in [0.2, 0.25) is 18.1 Å². The number of hydrogen-bond donors (Lipinski definition) is 0. The number of benzene rings is 1. The Bertz CT molecular complexity index is 410. The van der Waals surface area contributed by atoms with Gasteiger partial charge in [0.15, 0.2) is 8.32 Å². The Labute approximate surface area is 113 Å². The quantitative estimate of drug-likeness (QED) is 0.674. The zero-order valence-corrected chi connectivity index (χ0v) is 13.6. The molecule has 18 heavy (non-hydrogen) atoms. The van der Waals surface area contributed by atoms with Gasteiger partial charge in [0.25, 0.3) is 0 Å². The molecule has 0 aliphatic heterocycles. The number of allylic oxidation sites excluding steroid dienone is 1. The molecule has 1 aromatic carbocycles. The molecule has 1 aromatic rings. The molecule has 0 atom stereocenters. The predicted molar refractivity (Wildman–Crippen MR) is 83.1 cm³/mol. The predicted octanol–water partition coefficient (Wildman–Crippen LogP) is 5.24. The van der Waals surface area contributed by atoms with E-state index in [1.807, 2.05) is 6.92 Å². The largest absolute Gasteiger partial charge is 0.413 e. The maximum absolute atomic E-state index is 6.20. The van der Waals surface area contributed by atoms with Crippen molar-refractivity contribution < 1.29 is 4.43 Å². The van der Waals surface area contributed by atoms with E-state index in [-0.39, 0.29) is 5.04 Å². The van der Waals surface area contributed by atoms with Gasteiger partial charge in [-0.25, -0.2) is 0 Å². The molecule has 0 N–H and O–H groups in total. The first-order valence-electron chi connectivity index (χ1n) is 6.52. The zero-order valence-electron chi connectivity index (χ0n) is 12.6. The fourth-order valence-electron chi connectivity index (χ4n) is 1.37. The van der Waals surface area contributed by atoms with Crippen LogP contribution in [0.4, 0.5) is 0 Å². The van der Waals surface area contributed by atoms with E-state index < -0.39 is 8.32 Å². The van der Waals surface area contributed by atoms with Crippen LogP contribution in [0.15, 0.2) is 30.8 Å². The summed E-state index contributed by atoms with van der Waals surface area (Å²) in [4.78, 5) is 0. The first-order chi connectivity index (χ1) is 8.13. The third kappa shape index (κ3) is 3.82. The summed E-state index contributed by atoms with van der Waals surface area (Å²) < 4.78 is 6.20. The van der Waals surface area contributed by atoms with Crippen LogP contribution >= 0.6 is 0 Å². The molecule has 1 rings (SSSR count). The normalized spacial score (nSPS) is 12.6. The molecular weight excluding hydrogens is 236 g/mol. The van der Waals surface area contributed by atoms with Crippen LogP contribution in [0.5, 0.6) is 0 Å². The maximum atomic E-state index is 6.20. The molecule has 0 saturated carbocycles. The van der Waals surface area contributed by atoms with Crippen molar-refractivity contribution in [2.24, 2.45) is 0 Å². The highest BCUT2D eigenvalue weighted by Crippen LogP contribution is 2.37. The van der Waals surface area contributed by atoms with Gasteiger partial charge in [0.1, 0.15) is 0 Å². The van der Waals surface area contributed by atoms with E-state index in [0.717, 1.165) is 5.57 Å². The molecule has 100 valence electrons. The Balaban J connectivity index is 2.67. The molecule has 0 bridgehead atoms. The molecule has 0 aliphatic rings. The van der Waals surface area contributed by atoms with E-state index in [1.165, 1.54) is 11.1 Å². The summed E-state index contributed by atoms with van der Waals surface area (Å²) in [7, 11) is -1.64. The second kappa shape index (κ2) is 5.41. The van der Waals surface area contributed by atoms with E-state index >= 15 is 0 Å². The summed E-state index contributed by atoms with van der Waals surface area (Å²) in [5.74, 6) is 0. The zero-order chi connectivity index (χ0) is 14.0. The van der Waals surface area contributed by atoms with Crippen LogP contribution in [0, 0.1) is 0 Å². The molecular formula is C16H26OSi. The lowest BCUT2D eigenvalue weighted by molar-refractivity contribution is 0.276. The van der Waals surface area contributed by atoms with E-state index in [9.17, 15) is 0 Å². The fraction of sp³-hybridized carbons (Fsp3) is 0.500. The number of rotatable bonds is 4. The Morgan fingerprint density at radius 3 is 2.06 bits per heavy atom. The first-order valence-corrected chi connectivity index (χ1v) is 9.43. The van der Waals surface area contributed by atoms with Crippen molar-refractivity contribution in [1.29, 1.82) is 0 Å². The van der Waals surface area contributed by atoms with Crippen LogP contribution < -0.4 is 0 Å². The van der Waals surface area contributed by atoms with Crippen molar-refractivity contribution in [1.82, 2.24) is 0 Å². The molecule has 0 unspecified atom stereocenters. The summed E-state index contributed by atoms with van der Waals surface area (Å²) in [5, 5.41) is 0.268. The Morgan fingerprint density at radius 2 is 1.67 bits per heavy atom. The second-order valence-electron chi connectivity index (χ2n) is 6.53. The van der Waals surface area contributed by atoms with Crippen molar-refractivity contribution in [3.05, 3.63) is 42.0 Å². The SMILES string of the molecule is C=C(C)c1ccc(CO[Si](C)(C)C(C)(C)C)cc1. The summed E-state index contributed by atoms with van der Waals surface area (Å²) in [6.45, 7) is 18.1. The van der Waals surface area contributed by atoms with E-state index in [2.05, 4.69) is 64.7 Å². The van der Waals surface area contributed by atoms with Crippen molar-refractivity contribution in [3.63, 3.8) is 0 Å². The van der Waals surface area contributed by atoms with E-state index in [4.69, 9.17) is 4.43 Å². The van der Waals surface area contributed by atoms with Gasteiger partial charge in [-0.05, 0) is 36.2 Å². The smallest absolute Gasteiger partial charge is 0.192 e. The van der Waals surface area contributed by atoms with Crippen molar-refractivity contribution in [3.8, 4) is 0 Å². The van der Waals surface area contributed by atoms with Gasteiger partial charge in [-0.3, -0.25) is 0 Å². The lowest BCUT2D eigenvalue weighted by Gasteiger charge is -2.36. The molecule has 1 nitrogen and oxygen atoms in total. The third-order valence-electron chi connectivity index (χ3n) is 3.85.